The Bertz CT molecular complexity index is 533. The van der Waals surface area contributed by atoms with Crippen LogP contribution in [0.1, 0.15) is 19.3 Å². The lowest BCUT2D eigenvalue weighted by Crippen LogP contribution is -2.62. The second kappa shape index (κ2) is 6.22. The summed E-state index contributed by atoms with van der Waals surface area (Å²) in [6.45, 7) is -1.04. The molecule has 6 nitrogen and oxygen atoms in total. The van der Waals surface area contributed by atoms with Crippen LogP contribution in [0, 0.1) is 0 Å². The van der Waals surface area contributed by atoms with Crippen LogP contribution in [0.3, 0.4) is 0 Å². The van der Waals surface area contributed by atoms with Crippen LogP contribution in [0.4, 0.5) is 26.3 Å². The first-order valence-corrected chi connectivity index (χ1v) is 8.18. The van der Waals surface area contributed by atoms with E-state index in [1.54, 1.807) is 0 Å². The van der Waals surface area contributed by atoms with E-state index >= 15 is 0 Å². The van der Waals surface area contributed by atoms with Crippen molar-refractivity contribution >= 4 is 21.4 Å². The molecule has 1 N–H and O–H groups in total. The topological polar surface area (TPSA) is 83.9 Å². The Labute approximate surface area is 124 Å². The van der Waals surface area contributed by atoms with Gasteiger partial charge in [-0.3, -0.25) is 4.55 Å². The van der Waals surface area contributed by atoms with E-state index in [0.29, 0.717) is 6.42 Å². The van der Waals surface area contributed by atoms with Gasteiger partial charge < -0.3 is 0 Å². The molecule has 1 fully saturated rings. The molecule has 0 radical (unpaired) electrons. The molecule has 1 heterocycles. The molecule has 0 saturated carbocycles. The van der Waals surface area contributed by atoms with E-state index in [1.807, 2.05) is 0 Å². The van der Waals surface area contributed by atoms with Gasteiger partial charge in [0.05, 0.1) is 0 Å². The van der Waals surface area contributed by atoms with E-state index in [2.05, 4.69) is 4.18 Å². The third-order valence-corrected chi connectivity index (χ3v) is 5.19. The maximum absolute atomic E-state index is 13.6. The SMILES string of the molecule is O=S(O)OC(F)(F)C(F)(F)C(F)(F)S(=O)(=O)N1CCCCC1. The van der Waals surface area contributed by atoms with Crippen molar-refractivity contribution < 1.29 is 47.7 Å². The van der Waals surface area contributed by atoms with Crippen LogP contribution in [0.2, 0.25) is 0 Å². The third-order valence-electron chi connectivity index (χ3n) is 2.89. The fourth-order valence-corrected chi connectivity index (χ4v) is 3.53. The zero-order valence-electron chi connectivity index (χ0n) is 10.6. The van der Waals surface area contributed by atoms with Crippen molar-refractivity contribution in [3.8, 4) is 0 Å². The molecule has 0 aromatic heterocycles. The number of alkyl halides is 6. The summed E-state index contributed by atoms with van der Waals surface area (Å²) in [6.07, 6.45) is -5.50. The number of sulfonamides is 1. The van der Waals surface area contributed by atoms with E-state index in [-0.39, 0.29) is 17.1 Å². The van der Waals surface area contributed by atoms with Crippen molar-refractivity contribution in [3.63, 3.8) is 0 Å². The molecule has 0 aromatic rings. The van der Waals surface area contributed by atoms with Gasteiger partial charge in [-0.25, -0.2) is 8.42 Å². The Balaban J connectivity index is 3.21. The molecule has 22 heavy (non-hydrogen) atoms. The lowest BCUT2D eigenvalue weighted by atomic mass is 10.2. The highest BCUT2D eigenvalue weighted by atomic mass is 32.2. The maximum Gasteiger partial charge on any atom is 0.440 e. The first kappa shape index (κ1) is 19.6. The Morgan fingerprint density at radius 1 is 1.00 bits per heavy atom. The second-order valence-electron chi connectivity index (χ2n) is 4.37. The number of hydrogen-bond donors (Lipinski definition) is 1. The summed E-state index contributed by atoms with van der Waals surface area (Å²) < 4.78 is 123. The molecule has 1 rings (SSSR count). The zero-order chi connectivity index (χ0) is 17.4. The first-order valence-electron chi connectivity index (χ1n) is 5.71. The predicted octanol–water partition coefficient (Wildman–Crippen LogP) is 1.78. The van der Waals surface area contributed by atoms with Crippen molar-refractivity contribution in [1.82, 2.24) is 4.31 Å². The molecule has 0 bridgehead atoms. The molecular formula is C8H11F6NO5S2. The van der Waals surface area contributed by atoms with E-state index in [4.69, 9.17) is 4.55 Å². The molecule has 0 spiro atoms. The van der Waals surface area contributed by atoms with E-state index in [1.165, 1.54) is 0 Å². The van der Waals surface area contributed by atoms with Gasteiger partial charge in [0.1, 0.15) is 0 Å². The van der Waals surface area contributed by atoms with Crippen LogP contribution in [0.5, 0.6) is 0 Å². The Hall–Kier alpha value is -0.440. The quantitative estimate of drug-likeness (QED) is 0.562. The van der Waals surface area contributed by atoms with Gasteiger partial charge in [0, 0.05) is 13.1 Å². The summed E-state index contributed by atoms with van der Waals surface area (Å²) in [5, 5.41) is -6.24. The summed E-state index contributed by atoms with van der Waals surface area (Å²) in [5.41, 5.74) is 0. The number of piperidine rings is 1. The van der Waals surface area contributed by atoms with Crippen LogP contribution in [-0.4, -0.2) is 51.9 Å². The predicted molar refractivity (Wildman–Crippen MR) is 61.0 cm³/mol. The second-order valence-corrected chi connectivity index (χ2v) is 6.95. The maximum atomic E-state index is 13.6. The van der Waals surface area contributed by atoms with Crippen LogP contribution < -0.4 is 0 Å². The van der Waals surface area contributed by atoms with E-state index in [0.717, 1.165) is 0 Å². The Morgan fingerprint density at radius 3 is 1.86 bits per heavy atom. The lowest BCUT2D eigenvalue weighted by molar-refractivity contribution is -0.351. The largest absolute Gasteiger partial charge is 0.440 e. The van der Waals surface area contributed by atoms with Crippen LogP contribution in [-0.2, 0) is 25.6 Å². The van der Waals surface area contributed by atoms with Gasteiger partial charge in [-0.05, 0) is 12.8 Å². The highest BCUT2D eigenvalue weighted by Gasteiger charge is 2.80. The summed E-state index contributed by atoms with van der Waals surface area (Å²) in [6, 6.07) is 0. The zero-order valence-corrected chi connectivity index (χ0v) is 12.3. The van der Waals surface area contributed by atoms with Gasteiger partial charge in [-0.15, -0.1) is 0 Å². The average molecular weight is 379 g/mol. The summed E-state index contributed by atoms with van der Waals surface area (Å²) in [7, 11) is -6.13. The standard InChI is InChI=1S/C8H11F6NO5S2/c9-6(10,7(11,12)20-21(16)17)8(13,14)22(18,19)15-4-2-1-3-5-15/h1-5H2,(H,16,17). The molecule has 0 aliphatic carbocycles. The smallest absolute Gasteiger partial charge is 0.284 e. The lowest BCUT2D eigenvalue weighted by Gasteiger charge is -2.35. The molecule has 1 atom stereocenters. The normalized spacial score (nSPS) is 20.9. The first-order chi connectivity index (χ1) is 9.77. The van der Waals surface area contributed by atoms with Gasteiger partial charge in [-0.2, -0.15) is 39.0 Å². The van der Waals surface area contributed by atoms with Crippen molar-refractivity contribution in [2.45, 2.75) is 36.5 Å². The van der Waals surface area contributed by atoms with Crippen LogP contribution >= 0.6 is 0 Å². The van der Waals surface area contributed by atoms with Crippen LogP contribution in [0.15, 0.2) is 0 Å². The minimum Gasteiger partial charge on any atom is -0.284 e. The third kappa shape index (κ3) is 3.25. The number of hydrogen-bond acceptors (Lipinski definition) is 4. The molecule has 0 amide bonds. The van der Waals surface area contributed by atoms with Crippen molar-refractivity contribution in [1.29, 1.82) is 0 Å². The van der Waals surface area contributed by atoms with Gasteiger partial charge in [0.15, 0.2) is 0 Å². The molecule has 14 heteroatoms. The molecule has 1 saturated heterocycles. The summed E-state index contributed by atoms with van der Waals surface area (Å²) in [4.78, 5) is 0. The Morgan fingerprint density at radius 2 is 1.45 bits per heavy atom. The minimum atomic E-state index is -6.56. The Kier molecular flexibility index (Phi) is 5.54. The number of halogens is 6. The van der Waals surface area contributed by atoms with Crippen molar-refractivity contribution in [2.75, 3.05) is 13.1 Å². The van der Waals surface area contributed by atoms with Crippen molar-refractivity contribution in [2.24, 2.45) is 0 Å². The molecule has 1 unspecified atom stereocenters. The molecule has 132 valence electrons. The van der Waals surface area contributed by atoms with Crippen LogP contribution in [0.25, 0.3) is 0 Å². The van der Waals surface area contributed by atoms with Gasteiger partial charge in [0.25, 0.3) is 10.0 Å². The van der Waals surface area contributed by atoms with Gasteiger partial charge in [0.2, 0.25) is 0 Å². The highest BCUT2D eigenvalue weighted by Crippen LogP contribution is 2.50. The average Bonchev–Trinajstić information content (AvgIpc) is 2.37. The van der Waals surface area contributed by atoms with Gasteiger partial charge >= 0.3 is 28.6 Å². The number of rotatable bonds is 6. The summed E-state index contributed by atoms with van der Waals surface area (Å²) in [5.74, 6) is -6.56. The van der Waals surface area contributed by atoms with Gasteiger partial charge in [-0.1, -0.05) is 6.42 Å². The fraction of sp³-hybridized carbons (Fsp3) is 1.00. The molecule has 1 aliphatic heterocycles. The van der Waals surface area contributed by atoms with Crippen molar-refractivity contribution in [3.05, 3.63) is 0 Å². The monoisotopic (exact) mass is 379 g/mol. The molecule has 1 aliphatic rings. The fourth-order valence-electron chi connectivity index (χ4n) is 1.74. The van der Waals surface area contributed by atoms with E-state index < -0.39 is 51.8 Å². The summed E-state index contributed by atoms with van der Waals surface area (Å²) >= 11 is -4.02. The van der Waals surface area contributed by atoms with E-state index in [9.17, 15) is 39.0 Å². The minimum absolute atomic E-state index is 0.0175. The highest BCUT2D eigenvalue weighted by molar-refractivity contribution is 7.90. The number of nitrogens with zero attached hydrogens (tertiary/aromatic N) is 1. The molecule has 0 aromatic carbocycles. The molecular weight excluding hydrogens is 368 g/mol.